The van der Waals surface area contributed by atoms with Gasteiger partial charge in [-0.05, 0) is 80.8 Å². The third-order valence-corrected chi connectivity index (χ3v) is 8.69. The van der Waals surface area contributed by atoms with Gasteiger partial charge in [-0.25, -0.2) is 12.8 Å². The highest BCUT2D eigenvalue weighted by Crippen LogP contribution is 2.26. The number of methoxy groups -OCH3 is 1. The number of ether oxygens (including phenoxy) is 1. The number of halogens is 1. The van der Waals surface area contributed by atoms with E-state index in [9.17, 15) is 22.4 Å². The molecule has 220 valence electrons. The summed E-state index contributed by atoms with van der Waals surface area (Å²) in [5.74, 6) is -0.842. The topological polar surface area (TPSA) is 96.0 Å². The maximum Gasteiger partial charge on any atom is 0.264 e. The summed E-state index contributed by atoms with van der Waals surface area (Å²) >= 11 is 0. The molecule has 0 aromatic heterocycles. The Morgan fingerprint density at radius 3 is 2.07 bits per heavy atom. The lowest BCUT2D eigenvalue weighted by Gasteiger charge is -2.33. The molecule has 0 radical (unpaired) electrons. The monoisotopic (exact) mass is 583 g/mol. The Labute approximate surface area is 242 Å². The molecular formula is C31H38FN3O5S. The molecule has 0 aliphatic heterocycles. The number of amides is 2. The highest BCUT2D eigenvalue weighted by Gasteiger charge is 2.34. The Bertz CT molecular complexity index is 1410. The number of hydrogen-bond acceptors (Lipinski definition) is 5. The fourth-order valence-corrected chi connectivity index (χ4v) is 5.68. The second-order valence-corrected chi connectivity index (χ2v) is 11.8. The molecule has 0 aliphatic rings. The smallest absolute Gasteiger partial charge is 0.264 e. The Morgan fingerprint density at radius 1 is 0.927 bits per heavy atom. The van der Waals surface area contributed by atoms with Crippen molar-refractivity contribution in [3.8, 4) is 5.75 Å². The number of carbonyl (C=O) groups excluding carboxylic acids is 2. The summed E-state index contributed by atoms with van der Waals surface area (Å²) in [6, 6.07) is 17.4. The SMILES string of the molecule is CCC(C)NC(=O)C(CC)N(Cc1ccc(F)cc1)C(=O)CN(c1ccc(C)cc1)S(=O)(=O)c1ccc(OC)cc1. The van der Waals surface area contributed by atoms with Crippen LogP contribution >= 0.6 is 0 Å². The first-order valence-corrected chi connectivity index (χ1v) is 15.0. The molecule has 0 saturated carbocycles. The van der Waals surface area contributed by atoms with E-state index in [1.54, 1.807) is 43.3 Å². The fraction of sp³-hybridized carbons (Fsp3) is 0.355. The van der Waals surface area contributed by atoms with Gasteiger partial charge in [0.1, 0.15) is 24.2 Å². The molecule has 3 aromatic carbocycles. The second-order valence-electron chi connectivity index (χ2n) is 9.91. The van der Waals surface area contributed by atoms with E-state index in [1.165, 1.54) is 48.4 Å². The van der Waals surface area contributed by atoms with E-state index < -0.39 is 34.3 Å². The number of nitrogens with one attached hydrogen (secondary N) is 1. The lowest BCUT2D eigenvalue weighted by atomic mass is 10.1. The Morgan fingerprint density at radius 2 is 1.54 bits per heavy atom. The predicted octanol–water partition coefficient (Wildman–Crippen LogP) is 5.06. The number of benzene rings is 3. The van der Waals surface area contributed by atoms with Gasteiger partial charge in [-0.3, -0.25) is 13.9 Å². The molecule has 0 fully saturated rings. The summed E-state index contributed by atoms with van der Waals surface area (Å²) in [5.41, 5.74) is 1.83. The largest absolute Gasteiger partial charge is 0.497 e. The zero-order chi connectivity index (χ0) is 30.2. The fourth-order valence-electron chi connectivity index (χ4n) is 4.26. The molecule has 0 saturated heterocycles. The minimum Gasteiger partial charge on any atom is -0.497 e. The van der Waals surface area contributed by atoms with Gasteiger partial charge in [0.25, 0.3) is 10.0 Å². The number of hydrogen-bond donors (Lipinski definition) is 1. The highest BCUT2D eigenvalue weighted by atomic mass is 32.2. The van der Waals surface area contributed by atoms with E-state index in [0.29, 0.717) is 29.8 Å². The molecule has 8 nitrogen and oxygen atoms in total. The van der Waals surface area contributed by atoms with Gasteiger partial charge in [0.05, 0.1) is 17.7 Å². The van der Waals surface area contributed by atoms with Gasteiger partial charge in [-0.1, -0.05) is 43.7 Å². The molecule has 2 unspecified atom stereocenters. The van der Waals surface area contributed by atoms with Crippen LogP contribution in [0.4, 0.5) is 10.1 Å². The van der Waals surface area contributed by atoms with Crippen LogP contribution in [0.3, 0.4) is 0 Å². The summed E-state index contributed by atoms with van der Waals surface area (Å²) in [6.45, 7) is 6.93. The molecule has 1 N–H and O–H groups in total. The molecule has 0 heterocycles. The van der Waals surface area contributed by atoms with Gasteiger partial charge in [-0.2, -0.15) is 0 Å². The van der Waals surface area contributed by atoms with E-state index in [-0.39, 0.29) is 23.4 Å². The van der Waals surface area contributed by atoms with Crippen LogP contribution < -0.4 is 14.4 Å². The first-order chi connectivity index (χ1) is 19.5. The highest BCUT2D eigenvalue weighted by molar-refractivity contribution is 7.92. The zero-order valence-electron chi connectivity index (χ0n) is 24.1. The van der Waals surface area contributed by atoms with Crippen LogP contribution in [0.1, 0.15) is 44.7 Å². The van der Waals surface area contributed by atoms with E-state index >= 15 is 0 Å². The van der Waals surface area contributed by atoms with Crippen molar-refractivity contribution in [1.29, 1.82) is 0 Å². The molecule has 0 aliphatic carbocycles. The van der Waals surface area contributed by atoms with Gasteiger partial charge < -0.3 is 15.0 Å². The van der Waals surface area contributed by atoms with Crippen LogP contribution in [0, 0.1) is 12.7 Å². The number of nitrogens with zero attached hydrogens (tertiary/aromatic N) is 2. The third kappa shape index (κ3) is 8.07. The molecule has 0 spiro atoms. The summed E-state index contributed by atoms with van der Waals surface area (Å²) in [6.07, 6.45) is 1.00. The Kier molecular flexibility index (Phi) is 10.9. The molecule has 2 amide bonds. The van der Waals surface area contributed by atoms with Crippen molar-refractivity contribution in [2.24, 2.45) is 0 Å². The van der Waals surface area contributed by atoms with Gasteiger partial charge in [0, 0.05) is 12.6 Å². The van der Waals surface area contributed by atoms with Crippen LogP contribution in [0.2, 0.25) is 0 Å². The maximum absolute atomic E-state index is 14.0. The lowest BCUT2D eigenvalue weighted by molar-refractivity contribution is -0.140. The minimum atomic E-state index is -4.19. The molecule has 3 rings (SSSR count). The standard InChI is InChI=1S/C31H38FN3O5S/c1-6-23(4)33-31(37)29(7-2)34(20-24-10-12-25(32)13-11-24)30(36)21-35(26-14-8-22(3)9-15-26)41(38,39)28-18-16-27(40-5)17-19-28/h8-19,23,29H,6-7,20-21H2,1-5H3,(H,33,37). The van der Waals surface area contributed by atoms with Crippen LogP contribution in [-0.2, 0) is 26.2 Å². The molecule has 41 heavy (non-hydrogen) atoms. The predicted molar refractivity (Wildman–Crippen MR) is 158 cm³/mol. The number of aryl methyl sites for hydroxylation is 1. The van der Waals surface area contributed by atoms with E-state index in [1.807, 2.05) is 20.8 Å². The van der Waals surface area contributed by atoms with Gasteiger partial charge >= 0.3 is 0 Å². The van der Waals surface area contributed by atoms with Gasteiger partial charge in [-0.15, -0.1) is 0 Å². The van der Waals surface area contributed by atoms with Crippen molar-refractivity contribution in [3.63, 3.8) is 0 Å². The van der Waals surface area contributed by atoms with E-state index in [0.717, 1.165) is 9.87 Å². The number of anilines is 1. The van der Waals surface area contributed by atoms with Crippen molar-refractivity contribution in [2.45, 2.75) is 64.1 Å². The van der Waals surface area contributed by atoms with Gasteiger partial charge in [0.2, 0.25) is 11.8 Å². The average Bonchev–Trinajstić information content (AvgIpc) is 2.97. The van der Waals surface area contributed by atoms with Crippen LogP contribution in [0.25, 0.3) is 0 Å². The summed E-state index contributed by atoms with van der Waals surface area (Å²) in [7, 11) is -2.71. The summed E-state index contributed by atoms with van der Waals surface area (Å²) in [5, 5.41) is 2.93. The molecule has 0 bridgehead atoms. The normalized spacial score (nSPS) is 12.7. The second kappa shape index (κ2) is 14.1. The zero-order valence-corrected chi connectivity index (χ0v) is 24.9. The Hall–Kier alpha value is -3.92. The van der Waals surface area contributed by atoms with Crippen molar-refractivity contribution in [1.82, 2.24) is 10.2 Å². The van der Waals surface area contributed by atoms with Crippen LogP contribution in [0.15, 0.2) is 77.7 Å². The van der Waals surface area contributed by atoms with Crippen molar-refractivity contribution >= 4 is 27.5 Å². The molecule has 3 aromatic rings. The van der Waals surface area contributed by atoms with Crippen LogP contribution in [0.5, 0.6) is 5.75 Å². The first kappa shape index (κ1) is 31.6. The van der Waals surface area contributed by atoms with Gasteiger partial charge in [0.15, 0.2) is 0 Å². The van der Waals surface area contributed by atoms with Crippen LogP contribution in [-0.4, -0.2) is 50.9 Å². The molecular weight excluding hydrogens is 545 g/mol. The molecule has 10 heteroatoms. The van der Waals surface area contributed by atoms with Crippen molar-refractivity contribution < 1.29 is 27.1 Å². The quantitative estimate of drug-likeness (QED) is 0.304. The summed E-state index contributed by atoms with van der Waals surface area (Å²) in [4.78, 5) is 28.7. The number of carbonyl (C=O) groups is 2. The maximum atomic E-state index is 14.0. The molecule has 2 atom stereocenters. The number of rotatable bonds is 13. The van der Waals surface area contributed by atoms with E-state index in [2.05, 4.69) is 5.32 Å². The third-order valence-electron chi connectivity index (χ3n) is 6.90. The van der Waals surface area contributed by atoms with Crippen molar-refractivity contribution in [2.75, 3.05) is 18.0 Å². The lowest BCUT2D eigenvalue weighted by Crippen LogP contribution is -2.53. The average molecular weight is 584 g/mol. The minimum absolute atomic E-state index is 0.00410. The number of sulfonamides is 1. The Balaban J connectivity index is 2.05. The van der Waals surface area contributed by atoms with E-state index in [4.69, 9.17) is 4.74 Å². The first-order valence-electron chi connectivity index (χ1n) is 13.6. The summed E-state index contributed by atoms with van der Waals surface area (Å²) < 4.78 is 47.7. The van der Waals surface area contributed by atoms with Crippen molar-refractivity contribution in [3.05, 3.63) is 89.7 Å².